The van der Waals surface area contributed by atoms with Gasteiger partial charge >= 0.3 is 12.0 Å². The number of carbonyl (C=O) groups is 2. The summed E-state index contributed by atoms with van der Waals surface area (Å²) in [5.74, 6) is -3.39. The number of carbonyl (C=O) groups excluding carboxylic acids is 2. The van der Waals surface area contributed by atoms with Gasteiger partial charge in [-0.05, 0) is 36.8 Å². The van der Waals surface area contributed by atoms with E-state index >= 15 is 0 Å². The van der Waals surface area contributed by atoms with Crippen molar-refractivity contribution in [2.24, 2.45) is 0 Å². The molecule has 0 spiro atoms. The summed E-state index contributed by atoms with van der Waals surface area (Å²) < 4.78 is 32.8. The number of halogens is 2. The summed E-state index contributed by atoms with van der Waals surface area (Å²) in [6.45, 7) is 2.39. The van der Waals surface area contributed by atoms with Crippen molar-refractivity contribution < 1.29 is 23.1 Å². The Bertz CT molecular complexity index is 1070. The number of amides is 2. The first-order chi connectivity index (χ1) is 14.9. The molecule has 8 heteroatoms. The van der Waals surface area contributed by atoms with Gasteiger partial charge in [0.1, 0.15) is 17.2 Å². The lowest BCUT2D eigenvalue weighted by Gasteiger charge is -2.23. The molecule has 6 nitrogen and oxygen atoms in total. The third-order valence-electron chi connectivity index (χ3n) is 4.51. The number of benzene rings is 2. The molecular weight excluding hydrogens is 404 g/mol. The van der Waals surface area contributed by atoms with E-state index in [-0.39, 0.29) is 18.8 Å². The van der Waals surface area contributed by atoms with E-state index in [0.717, 1.165) is 30.4 Å². The van der Waals surface area contributed by atoms with Gasteiger partial charge in [-0.2, -0.15) is 0 Å². The standard InChI is InChI=1S/C23H21F2N3O3/c1-15-6-5-7-16(10-15)13-28(14-17-8-3-4-9-26-17)23(30)27-18-11-19(24)21(20(25)12-18)22(29)31-2/h3-12H,13-14H2,1-2H3,(H,27,30). The molecule has 3 aromatic rings. The molecule has 0 bridgehead atoms. The predicted octanol–water partition coefficient (Wildman–Crippen LogP) is 4.69. The van der Waals surface area contributed by atoms with E-state index in [1.807, 2.05) is 31.2 Å². The fourth-order valence-electron chi connectivity index (χ4n) is 3.06. The second-order valence-corrected chi connectivity index (χ2v) is 6.90. The van der Waals surface area contributed by atoms with Crippen LogP contribution in [0.3, 0.4) is 0 Å². The van der Waals surface area contributed by atoms with Gasteiger partial charge < -0.3 is 15.0 Å². The molecule has 0 aliphatic rings. The fourth-order valence-corrected chi connectivity index (χ4v) is 3.06. The van der Waals surface area contributed by atoms with E-state index in [1.165, 1.54) is 4.90 Å². The predicted molar refractivity (Wildman–Crippen MR) is 111 cm³/mol. The summed E-state index contributed by atoms with van der Waals surface area (Å²) in [7, 11) is 1.03. The molecule has 0 radical (unpaired) electrons. The summed E-state index contributed by atoms with van der Waals surface area (Å²) in [5.41, 5.74) is 1.65. The van der Waals surface area contributed by atoms with Crippen molar-refractivity contribution in [1.29, 1.82) is 0 Å². The van der Waals surface area contributed by atoms with Gasteiger partial charge in [0.05, 0.1) is 19.3 Å². The molecule has 0 aliphatic carbocycles. The van der Waals surface area contributed by atoms with Crippen molar-refractivity contribution in [3.63, 3.8) is 0 Å². The average Bonchev–Trinajstić information content (AvgIpc) is 2.73. The summed E-state index contributed by atoms with van der Waals surface area (Å²) in [5, 5.41) is 2.49. The highest BCUT2D eigenvalue weighted by Crippen LogP contribution is 2.21. The van der Waals surface area contributed by atoms with Crippen LogP contribution in [0.1, 0.15) is 27.2 Å². The molecule has 0 fully saturated rings. The van der Waals surface area contributed by atoms with Crippen LogP contribution in [0.2, 0.25) is 0 Å². The zero-order valence-corrected chi connectivity index (χ0v) is 17.1. The molecule has 0 aliphatic heterocycles. The summed E-state index contributed by atoms with van der Waals surface area (Å²) >= 11 is 0. The highest BCUT2D eigenvalue weighted by Gasteiger charge is 2.21. The maximum absolute atomic E-state index is 14.2. The Hall–Kier alpha value is -3.81. The molecule has 160 valence electrons. The Morgan fingerprint density at radius 3 is 2.39 bits per heavy atom. The highest BCUT2D eigenvalue weighted by molar-refractivity contribution is 5.93. The second-order valence-electron chi connectivity index (χ2n) is 6.90. The minimum atomic E-state index is -1.14. The Kier molecular flexibility index (Phi) is 6.92. The number of hydrogen-bond acceptors (Lipinski definition) is 4. The molecule has 1 aromatic heterocycles. The largest absolute Gasteiger partial charge is 0.465 e. The minimum Gasteiger partial charge on any atom is -0.465 e. The number of ether oxygens (including phenoxy) is 1. The number of anilines is 1. The summed E-state index contributed by atoms with van der Waals surface area (Å²) in [6, 6.07) is 14.2. The van der Waals surface area contributed by atoms with Gasteiger partial charge in [0.15, 0.2) is 0 Å². The van der Waals surface area contributed by atoms with Crippen LogP contribution in [-0.4, -0.2) is 29.0 Å². The zero-order chi connectivity index (χ0) is 22.4. The van der Waals surface area contributed by atoms with E-state index in [1.54, 1.807) is 24.4 Å². The van der Waals surface area contributed by atoms with Crippen molar-refractivity contribution in [1.82, 2.24) is 9.88 Å². The smallest absolute Gasteiger partial charge is 0.343 e. The first-order valence-electron chi connectivity index (χ1n) is 9.46. The van der Waals surface area contributed by atoms with Crippen LogP contribution >= 0.6 is 0 Å². The van der Waals surface area contributed by atoms with E-state index < -0.39 is 29.2 Å². The monoisotopic (exact) mass is 425 g/mol. The first-order valence-corrected chi connectivity index (χ1v) is 9.46. The summed E-state index contributed by atoms with van der Waals surface area (Å²) in [4.78, 5) is 30.2. The average molecular weight is 425 g/mol. The van der Waals surface area contributed by atoms with Gasteiger partial charge in [-0.25, -0.2) is 18.4 Å². The van der Waals surface area contributed by atoms with Crippen LogP contribution in [0.4, 0.5) is 19.3 Å². The van der Waals surface area contributed by atoms with Gasteiger partial charge in [-0.1, -0.05) is 35.9 Å². The number of nitrogens with zero attached hydrogens (tertiary/aromatic N) is 2. The van der Waals surface area contributed by atoms with Gasteiger partial charge in [-0.3, -0.25) is 4.98 Å². The van der Waals surface area contributed by atoms with Crippen molar-refractivity contribution >= 4 is 17.7 Å². The fraction of sp³-hybridized carbons (Fsp3) is 0.174. The van der Waals surface area contributed by atoms with E-state index in [2.05, 4.69) is 15.0 Å². The van der Waals surface area contributed by atoms with Gasteiger partial charge in [0.25, 0.3) is 0 Å². The number of rotatable bonds is 6. The number of aromatic nitrogens is 1. The van der Waals surface area contributed by atoms with E-state index in [4.69, 9.17) is 0 Å². The van der Waals surface area contributed by atoms with Gasteiger partial charge in [-0.15, -0.1) is 0 Å². The topological polar surface area (TPSA) is 71.5 Å². The number of aryl methyl sites for hydroxylation is 1. The molecule has 1 heterocycles. The normalized spacial score (nSPS) is 10.5. The van der Waals surface area contributed by atoms with Crippen LogP contribution in [0, 0.1) is 18.6 Å². The highest BCUT2D eigenvalue weighted by atomic mass is 19.1. The molecule has 2 aromatic carbocycles. The number of nitrogens with one attached hydrogen (secondary N) is 1. The van der Waals surface area contributed by atoms with Crippen molar-refractivity contribution in [2.45, 2.75) is 20.0 Å². The maximum Gasteiger partial charge on any atom is 0.343 e. The van der Waals surface area contributed by atoms with Crippen molar-refractivity contribution in [2.75, 3.05) is 12.4 Å². The molecule has 2 amide bonds. The van der Waals surface area contributed by atoms with Crippen LogP contribution in [-0.2, 0) is 17.8 Å². The number of pyridine rings is 1. The molecule has 31 heavy (non-hydrogen) atoms. The Morgan fingerprint density at radius 2 is 1.77 bits per heavy atom. The van der Waals surface area contributed by atoms with Crippen LogP contribution in [0.15, 0.2) is 60.8 Å². The number of esters is 1. The van der Waals surface area contributed by atoms with Crippen molar-refractivity contribution in [3.05, 3.63) is 94.8 Å². The second kappa shape index (κ2) is 9.80. The number of methoxy groups -OCH3 is 1. The summed E-state index contributed by atoms with van der Waals surface area (Å²) in [6.07, 6.45) is 1.62. The molecule has 3 rings (SSSR count). The van der Waals surface area contributed by atoms with Crippen molar-refractivity contribution in [3.8, 4) is 0 Å². The maximum atomic E-state index is 14.2. The molecule has 0 unspecified atom stereocenters. The van der Waals surface area contributed by atoms with Crippen LogP contribution < -0.4 is 5.32 Å². The molecule has 0 atom stereocenters. The van der Waals surface area contributed by atoms with Gasteiger partial charge in [0.2, 0.25) is 0 Å². The molecular formula is C23H21F2N3O3. The van der Waals surface area contributed by atoms with E-state index in [0.29, 0.717) is 5.69 Å². The Morgan fingerprint density at radius 1 is 1.03 bits per heavy atom. The number of urea groups is 1. The van der Waals surface area contributed by atoms with Crippen LogP contribution in [0.25, 0.3) is 0 Å². The lowest BCUT2D eigenvalue weighted by Crippen LogP contribution is -2.34. The van der Waals surface area contributed by atoms with Gasteiger partial charge in [0, 0.05) is 18.4 Å². The quantitative estimate of drug-likeness (QED) is 0.582. The SMILES string of the molecule is COC(=O)c1c(F)cc(NC(=O)N(Cc2cccc(C)c2)Cc2ccccn2)cc1F. The zero-order valence-electron chi connectivity index (χ0n) is 17.1. The first kappa shape index (κ1) is 21.9. The Labute approximate surface area is 178 Å². The molecule has 0 saturated heterocycles. The number of hydrogen-bond donors (Lipinski definition) is 1. The minimum absolute atomic E-state index is 0.122. The van der Waals surface area contributed by atoms with Crippen LogP contribution in [0.5, 0.6) is 0 Å². The van der Waals surface area contributed by atoms with E-state index in [9.17, 15) is 18.4 Å². The Balaban J connectivity index is 1.84. The third-order valence-corrected chi connectivity index (χ3v) is 4.51. The molecule has 0 saturated carbocycles. The molecule has 1 N–H and O–H groups in total. The third kappa shape index (κ3) is 5.63. The lowest BCUT2D eigenvalue weighted by atomic mass is 10.1. The lowest BCUT2D eigenvalue weighted by molar-refractivity contribution is 0.0590.